The summed E-state index contributed by atoms with van der Waals surface area (Å²) in [5.74, 6) is -0.00495. The zero-order valence-corrected chi connectivity index (χ0v) is 10.1. The van der Waals surface area contributed by atoms with E-state index in [1.165, 1.54) is 12.1 Å². The molecule has 90 valence electrons. The molecule has 5 heteroatoms. The van der Waals surface area contributed by atoms with Crippen LogP contribution in [0, 0.1) is 5.82 Å². The van der Waals surface area contributed by atoms with Crippen molar-refractivity contribution in [3.8, 4) is 11.5 Å². The Morgan fingerprint density at radius 1 is 1.47 bits per heavy atom. The van der Waals surface area contributed by atoms with Gasteiger partial charge in [0.25, 0.3) is 0 Å². The number of nitrogens with one attached hydrogen (secondary N) is 1. The molecule has 0 bridgehead atoms. The molecule has 0 unspecified atom stereocenters. The van der Waals surface area contributed by atoms with Crippen molar-refractivity contribution in [2.24, 2.45) is 0 Å². The number of aromatic nitrogens is 1. The zero-order valence-electron chi connectivity index (χ0n) is 9.34. The summed E-state index contributed by atoms with van der Waals surface area (Å²) in [5.41, 5.74) is 1.47. The highest BCUT2D eigenvalue weighted by Crippen LogP contribution is 2.24. The molecule has 1 aromatic heterocycles. The highest BCUT2D eigenvalue weighted by Gasteiger charge is 2.08. The smallest absolute Gasteiger partial charge is 0.226 e. The molecule has 0 aliphatic rings. The standard InChI is InChI=1S/C12H12ClFN2O/c1-2-15-6-9-7-17-12(16-9)8-3-4-11(14)10(13)5-8/h3-5,7,15H,2,6H2,1H3. The predicted molar refractivity (Wildman–Crippen MR) is 64.3 cm³/mol. The minimum Gasteiger partial charge on any atom is -0.444 e. The van der Waals surface area contributed by atoms with Crippen molar-refractivity contribution in [1.29, 1.82) is 0 Å². The maximum absolute atomic E-state index is 13.0. The first-order valence-corrected chi connectivity index (χ1v) is 5.69. The van der Waals surface area contributed by atoms with Gasteiger partial charge in [-0.25, -0.2) is 9.37 Å². The fourth-order valence-corrected chi connectivity index (χ4v) is 1.58. The number of rotatable bonds is 4. The molecule has 0 aliphatic carbocycles. The van der Waals surface area contributed by atoms with Crippen LogP contribution in [0.1, 0.15) is 12.6 Å². The number of hydrogen-bond acceptors (Lipinski definition) is 3. The van der Waals surface area contributed by atoms with E-state index < -0.39 is 5.82 Å². The fraction of sp³-hybridized carbons (Fsp3) is 0.250. The van der Waals surface area contributed by atoms with E-state index in [0.717, 1.165) is 12.2 Å². The van der Waals surface area contributed by atoms with Gasteiger partial charge in [0, 0.05) is 12.1 Å². The first-order chi connectivity index (χ1) is 8.20. The Bertz CT molecular complexity index is 513. The van der Waals surface area contributed by atoms with Crippen LogP contribution in [-0.2, 0) is 6.54 Å². The van der Waals surface area contributed by atoms with Crippen LogP contribution >= 0.6 is 11.6 Å². The zero-order chi connectivity index (χ0) is 12.3. The summed E-state index contributed by atoms with van der Waals surface area (Å²) in [6.07, 6.45) is 1.58. The third-order valence-electron chi connectivity index (χ3n) is 2.27. The number of oxazole rings is 1. The first kappa shape index (κ1) is 12.1. The molecule has 0 saturated heterocycles. The third-order valence-corrected chi connectivity index (χ3v) is 2.56. The van der Waals surface area contributed by atoms with Crippen LogP contribution < -0.4 is 5.32 Å². The largest absolute Gasteiger partial charge is 0.444 e. The van der Waals surface area contributed by atoms with Crippen LogP contribution in [0.3, 0.4) is 0 Å². The van der Waals surface area contributed by atoms with E-state index >= 15 is 0 Å². The molecular weight excluding hydrogens is 243 g/mol. The highest BCUT2D eigenvalue weighted by atomic mass is 35.5. The molecule has 0 radical (unpaired) electrons. The van der Waals surface area contributed by atoms with Crippen molar-refractivity contribution in [2.45, 2.75) is 13.5 Å². The van der Waals surface area contributed by atoms with Crippen LogP contribution in [-0.4, -0.2) is 11.5 Å². The first-order valence-electron chi connectivity index (χ1n) is 5.31. The van der Waals surface area contributed by atoms with Crippen molar-refractivity contribution >= 4 is 11.6 Å². The average Bonchev–Trinajstić information content (AvgIpc) is 2.79. The summed E-state index contributed by atoms with van der Waals surface area (Å²) < 4.78 is 18.3. The molecule has 0 amide bonds. The predicted octanol–water partition coefficient (Wildman–Crippen LogP) is 3.24. The maximum atomic E-state index is 13.0. The number of nitrogens with zero attached hydrogens (tertiary/aromatic N) is 1. The van der Waals surface area contributed by atoms with Crippen molar-refractivity contribution in [3.05, 3.63) is 41.0 Å². The molecule has 0 spiro atoms. The maximum Gasteiger partial charge on any atom is 0.226 e. The Morgan fingerprint density at radius 3 is 3.00 bits per heavy atom. The molecule has 1 N–H and O–H groups in total. The molecule has 0 aliphatic heterocycles. The van der Waals surface area contributed by atoms with E-state index in [9.17, 15) is 4.39 Å². The lowest BCUT2D eigenvalue weighted by molar-refractivity contribution is 0.570. The van der Waals surface area contributed by atoms with Gasteiger partial charge >= 0.3 is 0 Å². The third kappa shape index (κ3) is 2.84. The van der Waals surface area contributed by atoms with Crippen molar-refractivity contribution in [2.75, 3.05) is 6.54 Å². The topological polar surface area (TPSA) is 38.1 Å². The van der Waals surface area contributed by atoms with Gasteiger partial charge in [0.05, 0.1) is 10.7 Å². The van der Waals surface area contributed by atoms with Crippen LogP contribution in [0.4, 0.5) is 4.39 Å². The van der Waals surface area contributed by atoms with E-state index in [0.29, 0.717) is 18.0 Å². The molecule has 2 aromatic rings. The number of hydrogen-bond donors (Lipinski definition) is 1. The molecule has 17 heavy (non-hydrogen) atoms. The van der Waals surface area contributed by atoms with Gasteiger partial charge in [-0.05, 0) is 24.7 Å². The van der Waals surface area contributed by atoms with Crippen molar-refractivity contribution in [3.63, 3.8) is 0 Å². The Labute approximate surface area is 104 Å². The second-order valence-electron chi connectivity index (χ2n) is 3.55. The van der Waals surface area contributed by atoms with E-state index in [4.69, 9.17) is 16.0 Å². The number of benzene rings is 1. The summed E-state index contributed by atoms with van der Waals surface area (Å²) in [6, 6.07) is 4.38. The quantitative estimate of drug-likeness (QED) is 0.910. The van der Waals surface area contributed by atoms with Crippen molar-refractivity contribution < 1.29 is 8.81 Å². The lowest BCUT2D eigenvalue weighted by atomic mass is 10.2. The van der Waals surface area contributed by atoms with E-state index in [1.54, 1.807) is 12.3 Å². The van der Waals surface area contributed by atoms with Gasteiger partial charge in [-0.15, -0.1) is 0 Å². The monoisotopic (exact) mass is 254 g/mol. The lowest BCUT2D eigenvalue weighted by Crippen LogP contribution is -2.11. The van der Waals surface area contributed by atoms with E-state index in [1.807, 2.05) is 6.92 Å². The second kappa shape index (κ2) is 5.29. The summed E-state index contributed by atoms with van der Waals surface area (Å²) in [6.45, 7) is 3.53. The van der Waals surface area contributed by atoms with Crippen LogP contribution in [0.25, 0.3) is 11.5 Å². The highest BCUT2D eigenvalue weighted by molar-refractivity contribution is 6.31. The Kier molecular flexibility index (Phi) is 3.76. The SMILES string of the molecule is CCNCc1coc(-c2ccc(F)c(Cl)c2)n1. The molecule has 1 heterocycles. The summed E-state index contributed by atoms with van der Waals surface area (Å²) in [7, 11) is 0. The molecular formula is C12H12ClFN2O. The van der Waals surface area contributed by atoms with Crippen LogP contribution in [0.5, 0.6) is 0 Å². The summed E-state index contributed by atoms with van der Waals surface area (Å²) in [4.78, 5) is 4.28. The minimum absolute atomic E-state index is 0.0638. The normalized spacial score (nSPS) is 10.8. The average molecular weight is 255 g/mol. The molecule has 2 rings (SSSR count). The van der Waals surface area contributed by atoms with Gasteiger partial charge in [-0.3, -0.25) is 0 Å². The van der Waals surface area contributed by atoms with Gasteiger partial charge in [0.2, 0.25) is 5.89 Å². The summed E-state index contributed by atoms with van der Waals surface area (Å²) in [5, 5.41) is 3.21. The molecule has 0 saturated carbocycles. The van der Waals surface area contributed by atoms with E-state index in [-0.39, 0.29) is 5.02 Å². The van der Waals surface area contributed by atoms with Gasteiger partial charge in [0.15, 0.2) is 0 Å². The van der Waals surface area contributed by atoms with Gasteiger partial charge in [-0.2, -0.15) is 0 Å². The summed E-state index contributed by atoms with van der Waals surface area (Å²) >= 11 is 5.70. The molecule has 0 atom stereocenters. The lowest BCUT2D eigenvalue weighted by Gasteiger charge is -1.97. The van der Waals surface area contributed by atoms with Crippen LogP contribution in [0.2, 0.25) is 5.02 Å². The molecule has 1 aromatic carbocycles. The minimum atomic E-state index is -0.449. The van der Waals surface area contributed by atoms with Crippen molar-refractivity contribution in [1.82, 2.24) is 10.3 Å². The van der Waals surface area contributed by atoms with Crippen LogP contribution in [0.15, 0.2) is 28.9 Å². The Balaban J connectivity index is 2.21. The van der Waals surface area contributed by atoms with E-state index in [2.05, 4.69) is 10.3 Å². The Hall–Kier alpha value is -1.39. The van der Waals surface area contributed by atoms with Gasteiger partial charge < -0.3 is 9.73 Å². The number of halogens is 2. The molecule has 0 fully saturated rings. The molecule has 3 nitrogen and oxygen atoms in total. The Morgan fingerprint density at radius 2 is 2.29 bits per heavy atom. The van der Waals surface area contributed by atoms with Gasteiger partial charge in [-0.1, -0.05) is 18.5 Å². The fourth-order valence-electron chi connectivity index (χ4n) is 1.40. The second-order valence-corrected chi connectivity index (χ2v) is 3.96. The van der Waals surface area contributed by atoms with Gasteiger partial charge in [0.1, 0.15) is 12.1 Å².